The summed E-state index contributed by atoms with van der Waals surface area (Å²) in [5.41, 5.74) is -0.328. The highest BCUT2D eigenvalue weighted by Crippen LogP contribution is 2.44. The molecule has 1 aliphatic carbocycles. The highest BCUT2D eigenvalue weighted by Gasteiger charge is 2.52. The summed E-state index contributed by atoms with van der Waals surface area (Å²) in [6.45, 7) is 7.31. The smallest absolute Gasteiger partial charge is 0.405 e. The van der Waals surface area contributed by atoms with E-state index >= 15 is 0 Å². The molecule has 6 nitrogen and oxygen atoms in total. The molecule has 116 valence electrons. The third-order valence-electron chi connectivity index (χ3n) is 2.61. The number of nitrogens with two attached hydrogens (primary N) is 1. The van der Waals surface area contributed by atoms with Gasteiger partial charge in [0.05, 0.1) is 4.75 Å². The van der Waals surface area contributed by atoms with Crippen LogP contribution in [0, 0.1) is 11.8 Å². The Bertz CT molecular complexity index is 491. The molecule has 1 fully saturated rings. The molecule has 1 aliphatic rings. The molecule has 0 aromatic carbocycles. The van der Waals surface area contributed by atoms with Gasteiger partial charge >= 0.3 is 6.09 Å². The molecule has 0 spiro atoms. The zero-order chi connectivity index (χ0) is 16.0. The number of nitrogens with one attached hydrogen (secondary N) is 1. The number of amides is 1. The van der Waals surface area contributed by atoms with Crippen molar-refractivity contribution < 1.29 is 18.3 Å². The molecule has 0 atom stereocenters. The third-order valence-corrected chi connectivity index (χ3v) is 4.37. The molecule has 0 heterocycles. The van der Waals surface area contributed by atoms with Crippen LogP contribution in [0.3, 0.4) is 0 Å². The summed E-state index contributed by atoms with van der Waals surface area (Å²) in [6, 6.07) is 0. The van der Waals surface area contributed by atoms with E-state index in [1.54, 1.807) is 20.8 Å². The van der Waals surface area contributed by atoms with Crippen LogP contribution in [0.25, 0.3) is 0 Å². The summed E-state index contributed by atoms with van der Waals surface area (Å²) in [6.07, 6.45) is 1.53. The van der Waals surface area contributed by atoms with Gasteiger partial charge < -0.3 is 10.4 Å². The lowest BCUT2D eigenvalue weighted by molar-refractivity contribution is 0.184. The summed E-state index contributed by atoms with van der Waals surface area (Å²) >= 11 is 0. The van der Waals surface area contributed by atoms with E-state index in [0.717, 1.165) is 6.42 Å². The van der Waals surface area contributed by atoms with E-state index in [9.17, 15) is 13.2 Å². The van der Waals surface area contributed by atoms with Gasteiger partial charge in [0.2, 0.25) is 10.0 Å². The van der Waals surface area contributed by atoms with E-state index in [2.05, 4.69) is 17.2 Å². The van der Waals surface area contributed by atoms with E-state index in [1.165, 1.54) is 0 Å². The van der Waals surface area contributed by atoms with E-state index in [0.29, 0.717) is 19.3 Å². The Balaban J connectivity index is 0.000000396. The number of hydrogen-bond acceptors (Lipinski definition) is 3. The number of carbonyl (C=O) groups is 1. The second kappa shape index (κ2) is 6.95. The molecule has 1 saturated carbocycles. The normalized spacial score (nSPS) is 16.1. The zero-order valence-corrected chi connectivity index (χ0v) is 13.3. The monoisotopic (exact) mass is 304 g/mol. The Labute approximate surface area is 121 Å². The lowest BCUT2D eigenvalue weighted by Crippen LogP contribution is -2.39. The van der Waals surface area contributed by atoms with Gasteiger partial charge in [0.25, 0.3) is 0 Å². The van der Waals surface area contributed by atoms with Crippen LogP contribution in [0.15, 0.2) is 0 Å². The first-order chi connectivity index (χ1) is 8.93. The van der Waals surface area contributed by atoms with Crippen molar-refractivity contribution >= 4 is 16.1 Å². The van der Waals surface area contributed by atoms with Crippen molar-refractivity contribution in [2.45, 2.75) is 63.7 Å². The summed E-state index contributed by atoms with van der Waals surface area (Å²) < 4.78 is 21.4. The zero-order valence-electron chi connectivity index (χ0n) is 12.5. The average Bonchev–Trinajstić information content (AvgIpc) is 2.95. The SMILES string of the molecule is CC(C)(C)NC(=O)O.CCC#CCC1(S(N)(=O)=O)CC1. The fraction of sp³-hybridized carbons (Fsp3) is 0.769. The van der Waals surface area contributed by atoms with Gasteiger partial charge in [0, 0.05) is 18.4 Å². The molecule has 4 N–H and O–H groups in total. The first kappa shape index (κ1) is 18.7. The predicted octanol–water partition coefficient (Wildman–Crippen LogP) is 1.66. The van der Waals surface area contributed by atoms with E-state index in [-0.39, 0.29) is 5.54 Å². The van der Waals surface area contributed by atoms with Gasteiger partial charge in [0.15, 0.2) is 0 Å². The minimum atomic E-state index is -3.37. The Morgan fingerprint density at radius 3 is 2.05 bits per heavy atom. The third kappa shape index (κ3) is 7.36. The molecule has 0 unspecified atom stereocenters. The van der Waals surface area contributed by atoms with Crippen LogP contribution in [0.1, 0.15) is 53.4 Å². The van der Waals surface area contributed by atoms with Gasteiger partial charge in [-0.05, 0) is 33.6 Å². The van der Waals surface area contributed by atoms with Gasteiger partial charge in [-0.15, -0.1) is 11.8 Å². The van der Waals surface area contributed by atoms with E-state index < -0.39 is 20.9 Å². The summed E-state index contributed by atoms with van der Waals surface area (Å²) in [7, 11) is -3.37. The van der Waals surface area contributed by atoms with Crippen molar-refractivity contribution in [3.8, 4) is 11.8 Å². The van der Waals surface area contributed by atoms with Gasteiger partial charge in [-0.25, -0.2) is 18.4 Å². The number of primary sulfonamides is 1. The quantitative estimate of drug-likeness (QED) is 0.674. The maximum Gasteiger partial charge on any atom is 0.405 e. The Hall–Kier alpha value is -1.26. The minimum Gasteiger partial charge on any atom is -0.465 e. The van der Waals surface area contributed by atoms with Crippen molar-refractivity contribution in [1.82, 2.24) is 5.32 Å². The van der Waals surface area contributed by atoms with Crippen molar-refractivity contribution in [3.63, 3.8) is 0 Å². The first-order valence-electron chi connectivity index (χ1n) is 6.43. The lowest BCUT2D eigenvalue weighted by atomic mass is 10.1. The van der Waals surface area contributed by atoms with Gasteiger partial charge in [0.1, 0.15) is 0 Å². The summed E-state index contributed by atoms with van der Waals surface area (Å²) in [4.78, 5) is 9.90. The van der Waals surface area contributed by atoms with Crippen LogP contribution in [0.5, 0.6) is 0 Å². The number of hydrogen-bond donors (Lipinski definition) is 3. The molecule has 0 aliphatic heterocycles. The topological polar surface area (TPSA) is 109 Å². The van der Waals surface area contributed by atoms with Crippen LogP contribution < -0.4 is 10.5 Å². The fourth-order valence-electron chi connectivity index (χ4n) is 1.37. The number of carboxylic acid groups (broad SMARTS) is 1. The summed E-state index contributed by atoms with van der Waals surface area (Å²) in [5.74, 6) is 5.68. The average molecular weight is 304 g/mol. The van der Waals surface area contributed by atoms with Crippen LogP contribution >= 0.6 is 0 Å². The molecular weight excluding hydrogens is 280 g/mol. The highest BCUT2D eigenvalue weighted by molar-refractivity contribution is 7.90. The molecule has 0 bridgehead atoms. The molecule has 20 heavy (non-hydrogen) atoms. The van der Waals surface area contributed by atoms with Crippen molar-refractivity contribution in [3.05, 3.63) is 0 Å². The molecule has 7 heteroatoms. The van der Waals surface area contributed by atoms with Crippen LogP contribution in [0.4, 0.5) is 4.79 Å². The molecule has 0 radical (unpaired) electrons. The molecule has 0 aromatic heterocycles. The number of rotatable bonds is 2. The first-order valence-corrected chi connectivity index (χ1v) is 7.97. The maximum atomic E-state index is 11.0. The molecule has 1 amide bonds. The Kier molecular flexibility index (Phi) is 6.51. The Morgan fingerprint density at radius 1 is 1.35 bits per heavy atom. The largest absolute Gasteiger partial charge is 0.465 e. The van der Waals surface area contributed by atoms with Crippen molar-refractivity contribution in [2.24, 2.45) is 5.14 Å². The van der Waals surface area contributed by atoms with Gasteiger partial charge in [-0.2, -0.15) is 0 Å². The van der Waals surface area contributed by atoms with Crippen molar-refractivity contribution in [2.75, 3.05) is 0 Å². The van der Waals surface area contributed by atoms with Gasteiger partial charge in [-0.1, -0.05) is 6.92 Å². The van der Waals surface area contributed by atoms with E-state index in [1.807, 2.05) is 6.92 Å². The van der Waals surface area contributed by atoms with Crippen LogP contribution in [0.2, 0.25) is 0 Å². The highest BCUT2D eigenvalue weighted by atomic mass is 32.2. The standard InChI is InChI=1S/C8H13NO2S.C5H11NO2/c1-2-3-4-5-8(6-7-8)12(9,10)11;1-5(2,3)6-4(7)8/h2,5-7H2,1H3,(H2,9,10,11);6H,1-3H3,(H,7,8). The van der Waals surface area contributed by atoms with Crippen LogP contribution in [-0.4, -0.2) is 29.9 Å². The molecule has 0 saturated heterocycles. The van der Waals surface area contributed by atoms with Crippen molar-refractivity contribution in [1.29, 1.82) is 0 Å². The predicted molar refractivity (Wildman–Crippen MR) is 78.7 cm³/mol. The maximum absolute atomic E-state index is 11.0. The fourth-order valence-corrected chi connectivity index (χ4v) is 2.32. The van der Waals surface area contributed by atoms with Crippen LogP contribution in [-0.2, 0) is 10.0 Å². The lowest BCUT2D eigenvalue weighted by Gasteiger charge is -2.16. The van der Waals surface area contributed by atoms with Gasteiger partial charge in [-0.3, -0.25) is 0 Å². The Morgan fingerprint density at radius 2 is 1.85 bits per heavy atom. The minimum absolute atomic E-state index is 0.328. The van der Waals surface area contributed by atoms with E-state index in [4.69, 9.17) is 10.2 Å². The summed E-state index contributed by atoms with van der Waals surface area (Å²) in [5, 5.41) is 15.5. The second-order valence-corrected chi connectivity index (χ2v) is 7.75. The molecule has 1 rings (SSSR count). The second-order valence-electron chi connectivity index (χ2n) is 5.79. The molecular formula is C13H24N2O4S. The molecule has 0 aromatic rings. The number of sulfonamides is 1.